The average Bonchev–Trinajstić information content (AvgIpc) is 2.63. The number of fused-ring (bicyclic) bond motifs is 1. The maximum atomic E-state index is 11.5. The number of carbonyl (C=O) groups is 1. The van der Waals surface area contributed by atoms with E-state index in [0.29, 0.717) is 0 Å². The lowest BCUT2D eigenvalue weighted by atomic mass is 9.93. The standard InChI is InChI=1S/C15H19NO3/c1-9-12(8-14(17)19-4)11-6-5-10(16(2)3)7-13(11)15(9)18/h5-7,12,18H,8H2,1-4H3. The van der Waals surface area contributed by atoms with Crippen molar-refractivity contribution in [3.8, 4) is 0 Å². The summed E-state index contributed by atoms with van der Waals surface area (Å²) in [7, 11) is 5.29. The molecule has 0 saturated carbocycles. The van der Waals surface area contributed by atoms with Crippen molar-refractivity contribution in [2.75, 3.05) is 26.1 Å². The summed E-state index contributed by atoms with van der Waals surface area (Å²) in [6.07, 6.45) is 0.265. The number of hydrogen-bond acceptors (Lipinski definition) is 4. The van der Waals surface area contributed by atoms with E-state index in [-0.39, 0.29) is 24.1 Å². The van der Waals surface area contributed by atoms with Gasteiger partial charge in [0, 0.05) is 31.3 Å². The van der Waals surface area contributed by atoms with Crippen molar-refractivity contribution in [1.29, 1.82) is 0 Å². The van der Waals surface area contributed by atoms with E-state index < -0.39 is 0 Å². The first kappa shape index (κ1) is 13.5. The molecule has 0 spiro atoms. The lowest BCUT2D eigenvalue weighted by molar-refractivity contribution is -0.140. The van der Waals surface area contributed by atoms with Gasteiger partial charge in [-0.15, -0.1) is 0 Å². The van der Waals surface area contributed by atoms with Crippen LogP contribution in [-0.4, -0.2) is 32.3 Å². The summed E-state index contributed by atoms with van der Waals surface area (Å²) in [5.41, 5.74) is 3.66. The molecule has 1 N–H and O–H groups in total. The normalized spacial score (nSPS) is 17.4. The number of aliphatic hydroxyl groups is 1. The third-order valence-electron chi connectivity index (χ3n) is 3.68. The lowest BCUT2D eigenvalue weighted by Gasteiger charge is -2.16. The smallest absolute Gasteiger partial charge is 0.306 e. The SMILES string of the molecule is COC(=O)CC1C(C)=C(O)c2cc(N(C)C)ccc21. The molecule has 1 unspecified atom stereocenters. The number of hydrogen-bond donors (Lipinski definition) is 1. The van der Waals surface area contributed by atoms with Crippen molar-refractivity contribution in [2.45, 2.75) is 19.3 Å². The molecule has 4 heteroatoms. The maximum absolute atomic E-state index is 11.5. The highest BCUT2D eigenvalue weighted by Gasteiger charge is 2.30. The molecule has 19 heavy (non-hydrogen) atoms. The van der Waals surface area contributed by atoms with Crippen LogP contribution in [0.15, 0.2) is 23.8 Å². The lowest BCUT2D eigenvalue weighted by Crippen LogP contribution is -2.10. The van der Waals surface area contributed by atoms with Gasteiger partial charge in [-0.2, -0.15) is 0 Å². The Kier molecular flexibility index (Phi) is 3.51. The van der Waals surface area contributed by atoms with Gasteiger partial charge < -0.3 is 14.7 Å². The molecule has 1 atom stereocenters. The van der Waals surface area contributed by atoms with Crippen molar-refractivity contribution >= 4 is 17.4 Å². The Hall–Kier alpha value is -1.97. The van der Waals surface area contributed by atoms with E-state index in [9.17, 15) is 9.90 Å². The molecule has 2 rings (SSSR count). The van der Waals surface area contributed by atoms with Gasteiger partial charge in [0.25, 0.3) is 0 Å². The van der Waals surface area contributed by atoms with Crippen molar-refractivity contribution in [2.24, 2.45) is 0 Å². The summed E-state index contributed by atoms with van der Waals surface area (Å²) in [6.45, 7) is 1.86. The highest BCUT2D eigenvalue weighted by Crippen LogP contribution is 2.43. The van der Waals surface area contributed by atoms with Gasteiger partial charge in [-0.1, -0.05) is 6.07 Å². The number of anilines is 1. The first-order chi connectivity index (χ1) is 8.95. The van der Waals surface area contributed by atoms with Crippen molar-refractivity contribution in [3.05, 3.63) is 34.9 Å². The number of ether oxygens (including phenoxy) is 1. The van der Waals surface area contributed by atoms with Crippen LogP contribution in [0.25, 0.3) is 5.76 Å². The summed E-state index contributed by atoms with van der Waals surface area (Å²) >= 11 is 0. The summed E-state index contributed by atoms with van der Waals surface area (Å²) in [5.74, 6) is -0.0621. The fraction of sp³-hybridized carbons (Fsp3) is 0.400. The molecule has 1 aliphatic rings. The van der Waals surface area contributed by atoms with E-state index in [4.69, 9.17) is 4.74 Å². The van der Waals surface area contributed by atoms with Crippen LogP contribution >= 0.6 is 0 Å². The molecule has 0 radical (unpaired) electrons. The Morgan fingerprint density at radius 3 is 2.68 bits per heavy atom. The van der Waals surface area contributed by atoms with Gasteiger partial charge in [0.2, 0.25) is 0 Å². The summed E-state index contributed by atoms with van der Waals surface area (Å²) in [6, 6.07) is 5.92. The van der Waals surface area contributed by atoms with Gasteiger partial charge in [0.15, 0.2) is 0 Å². The summed E-state index contributed by atoms with van der Waals surface area (Å²) in [4.78, 5) is 13.5. The quantitative estimate of drug-likeness (QED) is 0.850. The highest BCUT2D eigenvalue weighted by atomic mass is 16.5. The van der Waals surface area contributed by atoms with Gasteiger partial charge in [0.05, 0.1) is 13.5 Å². The van der Waals surface area contributed by atoms with Gasteiger partial charge in [-0.05, 0) is 30.2 Å². The average molecular weight is 261 g/mol. The van der Waals surface area contributed by atoms with Crippen LogP contribution in [0.3, 0.4) is 0 Å². The molecule has 0 bridgehead atoms. The number of esters is 1. The largest absolute Gasteiger partial charge is 0.507 e. The Labute approximate surface area is 113 Å². The van der Waals surface area contributed by atoms with Crippen LogP contribution in [0.5, 0.6) is 0 Å². The number of methoxy groups -OCH3 is 1. The first-order valence-electron chi connectivity index (χ1n) is 6.24. The van der Waals surface area contributed by atoms with Crippen LogP contribution < -0.4 is 4.90 Å². The Bertz CT molecular complexity index is 546. The fourth-order valence-corrected chi connectivity index (χ4v) is 2.46. The van der Waals surface area contributed by atoms with Gasteiger partial charge in [-0.3, -0.25) is 4.79 Å². The van der Waals surface area contributed by atoms with Crippen molar-refractivity contribution < 1.29 is 14.6 Å². The number of nitrogens with zero attached hydrogens (tertiary/aromatic N) is 1. The zero-order valence-electron chi connectivity index (χ0n) is 11.7. The van der Waals surface area contributed by atoms with Crippen LogP contribution in [0, 0.1) is 0 Å². The molecule has 4 nitrogen and oxygen atoms in total. The van der Waals surface area contributed by atoms with Crippen molar-refractivity contribution in [1.82, 2.24) is 0 Å². The monoisotopic (exact) mass is 261 g/mol. The summed E-state index contributed by atoms with van der Waals surface area (Å²) in [5, 5.41) is 10.2. The Morgan fingerprint density at radius 2 is 2.11 bits per heavy atom. The molecule has 1 aliphatic carbocycles. The Morgan fingerprint density at radius 1 is 1.42 bits per heavy atom. The fourth-order valence-electron chi connectivity index (χ4n) is 2.46. The second kappa shape index (κ2) is 4.96. The van der Waals surface area contributed by atoms with Crippen LogP contribution in [0.4, 0.5) is 5.69 Å². The minimum atomic E-state index is -0.262. The number of benzene rings is 1. The van der Waals surface area contributed by atoms with Crippen molar-refractivity contribution in [3.63, 3.8) is 0 Å². The van der Waals surface area contributed by atoms with Gasteiger partial charge in [-0.25, -0.2) is 0 Å². The van der Waals surface area contributed by atoms with Crippen LogP contribution in [0.2, 0.25) is 0 Å². The zero-order valence-corrected chi connectivity index (χ0v) is 11.7. The summed E-state index contributed by atoms with van der Waals surface area (Å²) < 4.78 is 4.72. The van der Waals surface area contributed by atoms with Gasteiger partial charge >= 0.3 is 5.97 Å². The number of rotatable bonds is 3. The molecule has 0 heterocycles. The molecule has 0 saturated heterocycles. The predicted molar refractivity (Wildman–Crippen MR) is 75.4 cm³/mol. The molecular weight excluding hydrogens is 242 g/mol. The van der Waals surface area contributed by atoms with E-state index in [1.54, 1.807) is 0 Å². The second-order valence-corrected chi connectivity index (χ2v) is 5.03. The number of aliphatic hydroxyl groups excluding tert-OH is 1. The van der Waals surface area contributed by atoms with Crippen LogP contribution in [0.1, 0.15) is 30.4 Å². The highest BCUT2D eigenvalue weighted by molar-refractivity contribution is 5.79. The Balaban J connectivity index is 2.41. The van der Waals surface area contributed by atoms with Gasteiger partial charge in [0.1, 0.15) is 5.76 Å². The third-order valence-corrected chi connectivity index (χ3v) is 3.68. The topological polar surface area (TPSA) is 49.8 Å². The van der Waals surface area contributed by atoms with E-state index in [1.165, 1.54) is 7.11 Å². The van der Waals surface area contributed by atoms with E-state index in [2.05, 4.69) is 0 Å². The minimum absolute atomic E-state index is 0.0846. The number of allylic oxidation sites excluding steroid dienone is 1. The zero-order chi connectivity index (χ0) is 14.2. The molecular formula is C15H19NO3. The van der Waals surface area contributed by atoms with E-state index in [0.717, 1.165) is 22.4 Å². The molecule has 1 aromatic rings. The number of carbonyl (C=O) groups excluding carboxylic acids is 1. The minimum Gasteiger partial charge on any atom is -0.507 e. The van der Waals surface area contributed by atoms with Crippen LogP contribution in [-0.2, 0) is 9.53 Å². The van der Waals surface area contributed by atoms with E-state index in [1.807, 2.05) is 44.1 Å². The molecule has 1 aromatic carbocycles. The maximum Gasteiger partial charge on any atom is 0.306 e. The molecule has 0 fully saturated rings. The first-order valence-corrected chi connectivity index (χ1v) is 6.24. The third kappa shape index (κ3) is 2.30. The second-order valence-electron chi connectivity index (χ2n) is 5.03. The molecule has 0 aromatic heterocycles. The molecule has 0 amide bonds. The molecule has 0 aliphatic heterocycles. The van der Waals surface area contributed by atoms with E-state index >= 15 is 0 Å². The molecule has 102 valence electrons. The predicted octanol–water partition coefficient (Wildman–Crippen LogP) is 2.70.